The molecule has 2 atom stereocenters. The maximum Gasteiger partial charge on any atom is 0.122 e. The van der Waals surface area contributed by atoms with Gasteiger partial charge in [-0.05, 0) is 24.5 Å². The van der Waals surface area contributed by atoms with Crippen LogP contribution in [-0.4, -0.2) is 13.2 Å². The Balaban J connectivity index is 2.12. The van der Waals surface area contributed by atoms with Crippen molar-refractivity contribution in [2.75, 3.05) is 7.11 Å². The van der Waals surface area contributed by atoms with Gasteiger partial charge in [0.05, 0.1) is 13.2 Å². The van der Waals surface area contributed by atoms with Gasteiger partial charge in [-0.15, -0.1) is 0 Å². The van der Waals surface area contributed by atoms with E-state index < -0.39 is 0 Å². The maximum atomic E-state index is 5.55. The summed E-state index contributed by atoms with van der Waals surface area (Å²) < 4.78 is 10.9. The van der Waals surface area contributed by atoms with Gasteiger partial charge in [0.2, 0.25) is 0 Å². The fourth-order valence-electron chi connectivity index (χ4n) is 2.23. The average Bonchev–Trinajstić information content (AvgIpc) is 2.95. The molecule has 2 heteroatoms. The summed E-state index contributed by atoms with van der Waals surface area (Å²) in [7, 11) is 1.73. The summed E-state index contributed by atoms with van der Waals surface area (Å²) in [4.78, 5) is 0. The highest BCUT2D eigenvalue weighted by Crippen LogP contribution is 2.48. The van der Waals surface area contributed by atoms with Crippen molar-refractivity contribution in [1.82, 2.24) is 0 Å². The zero-order valence-electron chi connectivity index (χ0n) is 7.62. The first-order valence-electron chi connectivity index (χ1n) is 4.71. The highest BCUT2D eigenvalue weighted by molar-refractivity contribution is 5.45. The van der Waals surface area contributed by atoms with Crippen LogP contribution in [0.2, 0.25) is 0 Å². The number of methoxy groups -OCH3 is 1. The molecule has 1 fully saturated rings. The molecule has 1 aliphatic heterocycles. The monoisotopic (exact) mass is 176 g/mol. The summed E-state index contributed by atoms with van der Waals surface area (Å²) >= 11 is 0. The van der Waals surface area contributed by atoms with Crippen LogP contribution in [0.5, 0.6) is 5.75 Å². The Kier molecular flexibility index (Phi) is 1.41. The van der Waals surface area contributed by atoms with Crippen LogP contribution in [0, 0.1) is 0 Å². The van der Waals surface area contributed by atoms with Gasteiger partial charge in [0.15, 0.2) is 0 Å². The van der Waals surface area contributed by atoms with Crippen LogP contribution in [-0.2, 0) is 11.2 Å². The Morgan fingerprint density at radius 3 is 3.23 bits per heavy atom. The molecule has 1 aromatic rings. The van der Waals surface area contributed by atoms with Crippen LogP contribution < -0.4 is 4.74 Å². The molecule has 0 saturated carbocycles. The van der Waals surface area contributed by atoms with Crippen LogP contribution in [0.25, 0.3) is 0 Å². The highest BCUT2D eigenvalue weighted by atomic mass is 16.6. The number of fused-ring (bicyclic) bond motifs is 3. The van der Waals surface area contributed by atoms with Crippen molar-refractivity contribution in [1.29, 1.82) is 0 Å². The molecule has 0 aromatic heterocycles. The predicted molar refractivity (Wildman–Crippen MR) is 48.9 cm³/mol. The highest BCUT2D eigenvalue weighted by Gasteiger charge is 2.44. The largest absolute Gasteiger partial charge is 0.496 e. The van der Waals surface area contributed by atoms with E-state index in [-0.39, 0.29) is 0 Å². The van der Waals surface area contributed by atoms with Crippen molar-refractivity contribution in [3.8, 4) is 5.75 Å². The lowest BCUT2D eigenvalue weighted by molar-refractivity contribution is 0.372. The second-order valence-electron chi connectivity index (χ2n) is 3.66. The van der Waals surface area contributed by atoms with Gasteiger partial charge in [0.1, 0.15) is 11.9 Å². The molecule has 1 aromatic carbocycles. The Labute approximate surface area is 77.5 Å². The number of rotatable bonds is 1. The zero-order valence-corrected chi connectivity index (χ0v) is 7.62. The van der Waals surface area contributed by atoms with Gasteiger partial charge in [-0.3, -0.25) is 0 Å². The molecule has 0 unspecified atom stereocenters. The van der Waals surface area contributed by atoms with Crippen molar-refractivity contribution < 1.29 is 9.47 Å². The molecule has 0 bridgehead atoms. The van der Waals surface area contributed by atoms with Crippen LogP contribution in [0.4, 0.5) is 0 Å². The lowest BCUT2D eigenvalue weighted by atomic mass is 9.91. The first-order chi connectivity index (χ1) is 6.40. The third-order valence-electron chi connectivity index (χ3n) is 2.96. The van der Waals surface area contributed by atoms with Gasteiger partial charge in [0.25, 0.3) is 0 Å². The van der Waals surface area contributed by atoms with Crippen LogP contribution in [0.15, 0.2) is 18.2 Å². The van der Waals surface area contributed by atoms with E-state index in [9.17, 15) is 0 Å². The van der Waals surface area contributed by atoms with Crippen LogP contribution >= 0.6 is 0 Å². The van der Waals surface area contributed by atoms with Crippen molar-refractivity contribution in [2.24, 2.45) is 0 Å². The summed E-state index contributed by atoms with van der Waals surface area (Å²) in [6, 6.07) is 6.23. The Bertz CT molecular complexity index is 346. The molecule has 2 aliphatic rings. The molecule has 0 spiro atoms. The van der Waals surface area contributed by atoms with Gasteiger partial charge in [-0.25, -0.2) is 0 Å². The topological polar surface area (TPSA) is 21.8 Å². The molecule has 0 amide bonds. The summed E-state index contributed by atoms with van der Waals surface area (Å²) in [6.45, 7) is 0. The molecule has 3 rings (SSSR count). The van der Waals surface area contributed by atoms with Gasteiger partial charge in [-0.1, -0.05) is 12.1 Å². The first-order valence-corrected chi connectivity index (χ1v) is 4.71. The predicted octanol–water partition coefficient (Wildman–Crippen LogP) is 2.08. The number of hydrogen-bond donors (Lipinski definition) is 0. The van der Waals surface area contributed by atoms with Gasteiger partial charge < -0.3 is 9.47 Å². The Hall–Kier alpha value is -1.02. The van der Waals surface area contributed by atoms with E-state index in [2.05, 4.69) is 6.07 Å². The minimum absolute atomic E-state index is 0.374. The smallest absolute Gasteiger partial charge is 0.122 e. The summed E-state index contributed by atoms with van der Waals surface area (Å²) in [5.74, 6) is 1.02. The maximum absolute atomic E-state index is 5.55. The minimum Gasteiger partial charge on any atom is -0.496 e. The van der Waals surface area contributed by atoms with Crippen molar-refractivity contribution in [3.05, 3.63) is 29.3 Å². The Morgan fingerprint density at radius 2 is 2.38 bits per heavy atom. The van der Waals surface area contributed by atoms with E-state index >= 15 is 0 Å². The van der Waals surface area contributed by atoms with Gasteiger partial charge in [0, 0.05) is 5.56 Å². The number of ether oxygens (including phenoxy) is 2. The molecule has 0 radical (unpaired) electrons. The lowest BCUT2D eigenvalue weighted by Gasteiger charge is -2.15. The number of hydrogen-bond acceptors (Lipinski definition) is 2. The van der Waals surface area contributed by atoms with Crippen molar-refractivity contribution >= 4 is 0 Å². The molecular weight excluding hydrogens is 164 g/mol. The lowest BCUT2D eigenvalue weighted by Crippen LogP contribution is -2.05. The van der Waals surface area contributed by atoms with E-state index in [0.717, 1.165) is 18.6 Å². The van der Waals surface area contributed by atoms with E-state index in [1.54, 1.807) is 7.11 Å². The fourth-order valence-corrected chi connectivity index (χ4v) is 2.23. The van der Waals surface area contributed by atoms with Crippen molar-refractivity contribution in [2.45, 2.75) is 25.0 Å². The average molecular weight is 176 g/mol. The second-order valence-corrected chi connectivity index (χ2v) is 3.66. The third-order valence-corrected chi connectivity index (χ3v) is 2.96. The molecular formula is C11H12O2. The summed E-state index contributed by atoms with van der Waals surface area (Å²) in [5.41, 5.74) is 2.69. The Morgan fingerprint density at radius 1 is 1.46 bits per heavy atom. The molecule has 1 saturated heterocycles. The number of epoxide rings is 1. The van der Waals surface area contributed by atoms with Crippen molar-refractivity contribution in [3.63, 3.8) is 0 Å². The van der Waals surface area contributed by atoms with E-state index in [0.29, 0.717) is 12.2 Å². The van der Waals surface area contributed by atoms with Gasteiger partial charge >= 0.3 is 0 Å². The quantitative estimate of drug-likeness (QED) is 0.611. The SMILES string of the molecule is COc1cccc2c1CC[C@H]1O[C@H]21. The van der Waals surface area contributed by atoms with E-state index in [4.69, 9.17) is 9.47 Å². The van der Waals surface area contributed by atoms with E-state index in [1.165, 1.54) is 11.1 Å². The van der Waals surface area contributed by atoms with Gasteiger partial charge in [-0.2, -0.15) is 0 Å². The standard InChI is InChI=1S/C11H12O2/c1-12-9-4-2-3-8-7(9)5-6-10-11(8)13-10/h2-4,10-11H,5-6H2,1H3/t10-,11-/m1/s1. The molecule has 0 N–H and O–H groups in total. The molecule has 68 valence electrons. The molecule has 1 heterocycles. The third kappa shape index (κ3) is 0.985. The normalized spacial score (nSPS) is 29.0. The first kappa shape index (κ1) is 7.39. The summed E-state index contributed by atoms with van der Waals surface area (Å²) in [6.07, 6.45) is 3.12. The fraction of sp³-hybridized carbons (Fsp3) is 0.455. The van der Waals surface area contributed by atoms with Crippen LogP contribution in [0.1, 0.15) is 23.7 Å². The summed E-state index contributed by atoms with van der Waals surface area (Å²) in [5, 5.41) is 0. The minimum atomic E-state index is 0.374. The zero-order chi connectivity index (χ0) is 8.84. The molecule has 2 nitrogen and oxygen atoms in total. The molecule has 1 aliphatic carbocycles. The number of benzene rings is 1. The van der Waals surface area contributed by atoms with Crippen LogP contribution in [0.3, 0.4) is 0 Å². The van der Waals surface area contributed by atoms with E-state index in [1.807, 2.05) is 12.1 Å². The molecule has 13 heavy (non-hydrogen) atoms. The second kappa shape index (κ2) is 2.48.